The van der Waals surface area contributed by atoms with Gasteiger partial charge in [0.05, 0.1) is 24.9 Å². The summed E-state index contributed by atoms with van der Waals surface area (Å²) in [7, 11) is 0. The Morgan fingerprint density at radius 2 is 1.86 bits per heavy atom. The maximum atomic E-state index is 12.1. The van der Waals surface area contributed by atoms with E-state index in [1.807, 2.05) is 30.3 Å². The highest BCUT2D eigenvalue weighted by atomic mass is 32.2. The van der Waals surface area contributed by atoms with Crippen LogP contribution in [0.3, 0.4) is 0 Å². The van der Waals surface area contributed by atoms with Crippen molar-refractivity contribution in [2.75, 3.05) is 25.6 Å². The van der Waals surface area contributed by atoms with E-state index in [1.165, 1.54) is 11.8 Å². The molecule has 0 aliphatic carbocycles. The number of aliphatic hydroxyl groups excluding tert-OH is 3. The third-order valence-corrected chi connectivity index (χ3v) is 4.37. The molecular weight excluding hydrogens is 292 g/mol. The first-order valence-corrected chi connectivity index (χ1v) is 7.53. The number of nitrogens with one attached hydrogen (secondary N) is 1. The molecule has 0 saturated heterocycles. The monoisotopic (exact) mass is 310 g/mol. The summed E-state index contributed by atoms with van der Waals surface area (Å²) in [5.41, 5.74) is -0.456. The Balaban J connectivity index is 2.07. The summed E-state index contributed by atoms with van der Waals surface area (Å²) in [6.07, 6.45) is 0. The van der Waals surface area contributed by atoms with Gasteiger partial charge in [-0.25, -0.2) is 0 Å². The molecule has 21 heavy (non-hydrogen) atoms. The first kappa shape index (κ1) is 16.0. The second kappa shape index (κ2) is 7.04. The van der Waals surface area contributed by atoms with Crippen LogP contribution in [0.25, 0.3) is 0 Å². The van der Waals surface area contributed by atoms with Crippen molar-refractivity contribution in [2.24, 2.45) is 4.99 Å². The summed E-state index contributed by atoms with van der Waals surface area (Å²) < 4.78 is 0. The van der Waals surface area contributed by atoms with Crippen molar-refractivity contribution in [1.82, 2.24) is 5.32 Å². The third-order valence-electron chi connectivity index (χ3n) is 3.27. The van der Waals surface area contributed by atoms with Gasteiger partial charge in [-0.1, -0.05) is 30.3 Å². The van der Waals surface area contributed by atoms with Gasteiger partial charge in [0.25, 0.3) is 0 Å². The number of thioether (sulfide) groups is 1. The average molecular weight is 310 g/mol. The molecular formula is C14H18N2O4S. The van der Waals surface area contributed by atoms with Gasteiger partial charge in [-0.2, -0.15) is 0 Å². The minimum Gasteiger partial charge on any atom is -0.394 e. The fraction of sp³-hybridized carbons (Fsp3) is 0.429. The van der Waals surface area contributed by atoms with Gasteiger partial charge >= 0.3 is 0 Å². The highest BCUT2D eigenvalue weighted by Gasteiger charge is 2.34. The summed E-state index contributed by atoms with van der Waals surface area (Å²) in [6.45, 7) is -1.62. The molecule has 1 aromatic rings. The highest BCUT2D eigenvalue weighted by Crippen LogP contribution is 2.23. The van der Waals surface area contributed by atoms with Crippen molar-refractivity contribution in [3.05, 3.63) is 35.9 Å². The molecule has 0 spiro atoms. The molecule has 1 atom stereocenters. The lowest BCUT2D eigenvalue weighted by atomic mass is 10.0. The van der Waals surface area contributed by atoms with E-state index in [2.05, 4.69) is 10.3 Å². The standard InChI is InChI=1S/C14H18N2O4S/c17-7-14(8-18,9-19)16-12(20)11-6-21-13(15-11)10-4-2-1-3-5-10/h1-5,11,17-19H,6-9H2,(H,16,20). The quantitative estimate of drug-likeness (QED) is 0.561. The summed E-state index contributed by atoms with van der Waals surface area (Å²) in [6, 6.07) is 8.97. The first-order valence-electron chi connectivity index (χ1n) is 6.55. The molecule has 1 aliphatic rings. The molecule has 2 rings (SSSR count). The van der Waals surface area contributed by atoms with Gasteiger partial charge in [0.15, 0.2) is 0 Å². The van der Waals surface area contributed by atoms with Crippen molar-refractivity contribution in [2.45, 2.75) is 11.6 Å². The zero-order valence-corrected chi connectivity index (χ0v) is 12.2. The van der Waals surface area contributed by atoms with E-state index in [1.54, 1.807) is 0 Å². The number of carbonyl (C=O) groups excluding carboxylic acids is 1. The number of aliphatic imine (C=N–C) groups is 1. The number of hydrogen-bond acceptors (Lipinski definition) is 6. The SMILES string of the molecule is O=C(NC(CO)(CO)CO)C1CSC(c2ccccc2)=N1. The second-order valence-electron chi connectivity index (χ2n) is 4.87. The summed E-state index contributed by atoms with van der Waals surface area (Å²) in [5.74, 6) is 0.0830. The van der Waals surface area contributed by atoms with Crippen LogP contribution in [0.15, 0.2) is 35.3 Å². The van der Waals surface area contributed by atoms with Crippen molar-refractivity contribution < 1.29 is 20.1 Å². The highest BCUT2D eigenvalue weighted by molar-refractivity contribution is 8.14. The second-order valence-corrected chi connectivity index (χ2v) is 5.88. The molecule has 1 amide bonds. The Labute approximate surface area is 126 Å². The summed E-state index contributed by atoms with van der Waals surface area (Å²) in [4.78, 5) is 16.5. The van der Waals surface area contributed by atoms with Crippen LogP contribution in [0.2, 0.25) is 0 Å². The molecule has 0 radical (unpaired) electrons. The number of rotatable bonds is 6. The van der Waals surface area contributed by atoms with Gasteiger partial charge in [-0.15, -0.1) is 11.8 Å². The topological polar surface area (TPSA) is 102 Å². The molecule has 1 heterocycles. The Morgan fingerprint density at radius 3 is 2.43 bits per heavy atom. The lowest BCUT2D eigenvalue weighted by Gasteiger charge is -2.29. The lowest BCUT2D eigenvalue weighted by Crippen LogP contribution is -2.59. The van der Waals surface area contributed by atoms with E-state index in [4.69, 9.17) is 0 Å². The van der Waals surface area contributed by atoms with Crippen LogP contribution in [0.4, 0.5) is 0 Å². The zero-order valence-electron chi connectivity index (χ0n) is 11.4. The van der Waals surface area contributed by atoms with Crippen molar-refractivity contribution in [1.29, 1.82) is 0 Å². The largest absolute Gasteiger partial charge is 0.394 e. The average Bonchev–Trinajstić information content (AvgIpc) is 3.04. The predicted molar refractivity (Wildman–Crippen MR) is 81.4 cm³/mol. The summed E-state index contributed by atoms with van der Waals surface area (Å²) >= 11 is 1.48. The van der Waals surface area contributed by atoms with Crippen LogP contribution < -0.4 is 5.32 Å². The minimum atomic E-state index is -1.41. The molecule has 0 bridgehead atoms. The van der Waals surface area contributed by atoms with Crippen LogP contribution in [0, 0.1) is 0 Å². The van der Waals surface area contributed by atoms with Crippen LogP contribution in [0.1, 0.15) is 5.56 Å². The molecule has 1 aliphatic heterocycles. The molecule has 7 heteroatoms. The molecule has 4 N–H and O–H groups in total. The molecule has 1 aromatic carbocycles. The van der Waals surface area contributed by atoms with Gasteiger partial charge in [0.2, 0.25) is 5.91 Å². The number of amides is 1. The van der Waals surface area contributed by atoms with Crippen LogP contribution >= 0.6 is 11.8 Å². The molecule has 6 nitrogen and oxygen atoms in total. The molecule has 0 fully saturated rings. The van der Waals surface area contributed by atoms with E-state index in [-0.39, 0.29) is 0 Å². The van der Waals surface area contributed by atoms with Gasteiger partial charge in [-0.05, 0) is 0 Å². The zero-order chi connectivity index (χ0) is 15.3. The van der Waals surface area contributed by atoms with Gasteiger partial charge in [0.1, 0.15) is 11.6 Å². The smallest absolute Gasteiger partial charge is 0.246 e. The maximum absolute atomic E-state index is 12.1. The van der Waals surface area contributed by atoms with E-state index < -0.39 is 37.3 Å². The van der Waals surface area contributed by atoms with Crippen molar-refractivity contribution >= 4 is 22.7 Å². The number of nitrogens with zero attached hydrogens (tertiary/aromatic N) is 1. The molecule has 114 valence electrons. The van der Waals surface area contributed by atoms with E-state index >= 15 is 0 Å². The molecule has 0 aromatic heterocycles. The Hall–Kier alpha value is -1.41. The van der Waals surface area contributed by atoms with Crippen LogP contribution in [0.5, 0.6) is 0 Å². The maximum Gasteiger partial charge on any atom is 0.246 e. The number of carbonyl (C=O) groups is 1. The van der Waals surface area contributed by atoms with E-state index in [0.29, 0.717) is 5.75 Å². The predicted octanol–water partition coefficient (Wildman–Crippen LogP) is -0.619. The molecule has 0 saturated carbocycles. The van der Waals surface area contributed by atoms with Crippen molar-refractivity contribution in [3.8, 4) is 0 Å². The molecule has 1 unspecified atom stereocenters. The van der Waals surface area contributed by atoms with Crippen molar-refractivity contribution in [3.63, 3.8) is 0 Å². The number of hydrogen-bond donors (Lipinski definition) is 4. The first-order chi connectivity index (χ1) is 10.1. The van der Waals surface area contributed by atoms with E-state index in [9.17, 15) is 20.1 Å². The van der Waals surface area contributed by atoms with Gasteiger partial charge in [-0.3, -0.25) is 9.79 Å². The fourth-order valence-corrected chi connectivity index (χ4v) is 2.91. The van der Waals surface area contributed by atoms with Crippen LogP contribution in [-0.2, 0) is 4.79 Å². The lowest BCUT2D eigenvalue weighted by molar-refractivity contribution is -0.126. The number of aliphatic hydroxyl groups is 3. The Bertz CT molecular complexity index is 509. The fourth-order valence-electron chi connectivity index (χ4n) is 1.86. The third kappa shape index (κ3) is 3.62. The Kier molecular flexibility index (Phi) is 5.35. The van der Waals surface area contributed by atoms with Gasteiger partial charge < -0.3 is 20.6 Å². The number of benzene rings is 1. The van der Waals surface area contributed by atoms with Crippen LogP contribution in [-0.4, -0.2) is 63.4 Å². The van der Waals surface area contributed by atoms with Gasteiger partial charge in [0, 0.05) is 11.3 Å². The van der Waals surface area contributed by atoms with E-state index in [0.717, 1.165) is 10.6 Å². The minimum absolute atomic E-state index is 0.411. The normalized spacial score (nSPS) is 18.4. The summed E-state index contributed by atoms with van der Waals surface area (Å²) in [5, 5.41) is 30.9. The Morgan fingerprint density at radius 1 is 1.24 bits per heavy atom.